The van der Waals surface area contributed by atoms with Crippen molar-refractivity contribution in [2.24, 2.45) is 7.05 Å². The number of benzene rings is 1. The van der Waals surface area contributed by atoms with Crippen LogP contribution in [-0.2, 0) is 16.9 Å². The minimum Gasteiger partial charge on any atom is -0.348 e. The third-order valence-corrected chi connectivity index (χ3v) is 4.37. The number of aryl methyl sites for hydroxylation is 1. The molecule has 0 radical (unpaired) electrons. The lowest BCUT2D eigenvalue weighted by Gasteiger charge is -2.05. The Morgan fingerprint density at radius 2 is 1.89 bits per heavy atom. The van der Waals surface area contributed by atoms with Crippen LogP contribution in [0.4, 0.5) is 4.39 Å². The van der Waals surface area contributed by atoms with Gasteiger partial charge in [0.1, 0.15) is 16.5 Å². The highest BCUT2D eigenvalue weighted by Crippen LogP contribution is 2.16. The molecule has 2 aromatic rings. The zero-order valence-electron chi connectivity index (χ0n) is 10.2. The second-order valence-corrected chi connectivity index (χ2v) is 6.08. The molecule has 100 valence electrons. The summed E-state index contributed by atoms with van der Waals surface area (Å²) >= 11 is 0. The van der Waals surface area contributed by atoms with E-state index in [4.69, 9.17) is 0 Å². The second kappa shape index (κ2) is 4.97. The molecule has 0 amide bonds. The van der Waals surface area contributed by atoms with Gasteiger partial charge < -0.3 is 4.57 Å². The topological polar surface area (TPSA) is 56.1 Å². The summed E-state index contributed by atoms with van der Waals surface area (Å²) in [4.78, 5) is 11.5. The van der Waals surface area contributed by atoms with E-state index in [0.29, 0.717) is 0 Å². The molecule has 1 heterocycles. The van der Waals surface area contributed by atoms with E-state index in [1.807, 2.05) is 0 Å². The van der Waals surface area contributed by atoms with E-state index in [1.54, 1.807) is 19.3 Å². The van der Waals surface area contributed by atoms with Gasteiger partial charge in [0, 0.05) is 13.2 Å². The van der Waals surface area contributed by atoms with Crippen LogP contribution in [0.5, 0.6) is 0 Å². The molecule has 0 saturated heterocycles. The highest BCUT2D eigenvalue weighted by Gasteiger charge is 2.24. The fourth-order valence-electron chi connectivity index (χ4n) is 1.77. The first-order chi connectivity index (χ1) is 8.92. The molecule has 4 nitrogen and oxygen atoms in total. The highest BCUT2D eigenvalue weighted by atomic mass is 32.2. The predicted molar refractivity (Wildman–Crippen MR) is 68.2 cm³/mol. The van der Waals surface area contributed by atoms with Crippen molar-refractivity contribution < 1.29 is 17.6 Å². The van der Waals surface area contributed by atoms with E-state index >= 15 is 0 Å². The lowest BCUT2D eigenvalue weighted by molar-refractivity contribution is 0.101. The summed E-state index contributed by atoms with van der Waals surface area (Å²) in [6.45, 7) is 0. The molecule has 6 heteroatoms. The Bertz CT molecular complexity index is 719. The van der Waals surface area contributed by atoms with E-state index in [0.717, 1.165) is 12.1 Å². The quantitative estimate of drug-likeness (QED) is 0.803. The van der Waals surface area contributed by atoms with E-state index in [2.05, 4.69) is 0 Å². The van der Waals surface area contributed by atoms with Crippen LogP contribution in [0.3, 0.4) is 0 Å². The van der Waals surface area contributed by atoms with Crippen LogP contribution in [-0.4, -0.2) is 24.5 Å². The first-order valence-electron chi connectivity index (χ1n) is 5.53. The average molecular weight is 281 g/mol. The molecule has 0 fully saturated rings. The molecule has 0 spiro atoms. The Balaban J connectivity index is 2.31. The smallest absolute Gasteiger partial charge is 0.194 e. The van der Waals surface area contributed by atoms with Crippen LogP contribution in [0.15, 0.2) is 47.5 Å². The number of hydrogen-bond acceptors (Lipinski definition) is 3. The van der Waals surface area contributed by atoms with E-state index in [1.165, 1.54) is 22.8 Å². The number of nitrogens with zero attached hydrogens (tertiary/aromatic N) is 1. The molecule has 0 aliphatic rings. The number of rotatable bonds is 4. The van der Waals surface area contributed by atoms with Crippen molar-refractivity contribution in [3.63, 3.8) is 0 Å². The molecule has 0 atom stereocenters. The summed E-state index contributed by atoms with van der Waals surface area (Å²) in [5.41, 5.74) is 0.278. The number of hydrogen-bond donors (Lipinski definition) is 0. The Morgan fingerprint density at radius 3 is 2.47 bits per heavy atom. The largest absolute Gasteiger partial charge is 0.348 e. The molecule has 2 rings (SSSR count). The maximum absolute atomic E-state index is 13.5. The Morgan fingerprint density at radius 1 is 1.21 bits per heavy atom. The Labute approximate surface area is 110 Å². The highest BCUT2D eigenvalue weighted by molar-refractivity contribution is 7.92. The molecule has 0 saturated carbocycles. The van der Waals surface area contributed by atoms with Gasteiger partial charge in [0.05, 0.1) is 5.69 Å². The lowest BCUT2D eigenvalue weighted by Crippen LogP contribution is -2.19. The number of carbonyl (C=O) groups excluding carboxylic acids is 1. The number of carbonyl (C=O) groups is 1. The van der Waals surface area contributed by atoms with E-state index in [9.17, 15) is 17.6 Å². The first-order valence-corrected chi connectivity index (χ1v) is 7.19. The minimum absolute atomic E-state index is 0.278. The molecule has 1 aromatic carbocycles. The van der Waals surface area contributed by atoms with Crippen molar-refractivity contribution in [3.8, 4) is 0 Å². The summed E-state index contributed by atoms with van der Waals surface area (Å²) in [7, 11) is -2.33. The van der Waals surface area contributed by atoms with Crippen LogP contribution < -0.4 is 0 Å². The fourth-order valence-corrected chi connectivity index (χ4v) is 3.07. The summed E-state index contributed by atoms with van der Waals surface area (Å²) in [6.07, 6.45) is 1.64. The number of aromatic nitrogens is 1. The summed E-state index contributed by atoms with van der Waals surface area (Å²) in [5.74, 6) is -2.15. The van der Waals surface area contributed by atoms with Crippen molar-refractivity contribution in [1.82, 2.24) is 4.57 Å². The number of Topliss-reactive ketones (excluding diaryl/α,β-unsaturated/α-hetero) is 1. The second-order valence-electron chi connectivity index (χ2n) is 4.12. The van der Waals surface area contributed by atoms with Gasteiger partial charge in [0.25, 0.3) is 0 Å². The summed E-state index contributed by atoms with van der Waals surface area (Å²) < 4.78 is 39.0. The molecule has 19 heavy (non-hydrogen) atoms. The number of halogens is 1. The van der Waals surface area contributed by atoms with Gasteiger partial charge in [-0.1, -0.05) is 12.1 Å². The van der Waals surface area contributed by atoms with Crippen molar-refractivity contribution >= 4 is 15.6 Å². The Hall–Kier alpha value is -1.95. The molecule has 0 N–H and O–H groups in total. The van der Waals surface area contributed by atoms with Crippen LogP contribution in [0.2, 0.25) is 0 Å². The average Bonchev–Trinajstić information content (AvgIpc) is 2.75. The minimum atomic E-state index is -3.97. The maximum Gasteiger partial charge on any atom is 0.194 e. The molecule has 0 bridgehead atoms. The molecular weight excluding hydrogens is 269 g/mol. The van der Waals surface area contributed by atoms with Crippen LogP contribution in [0, 0.1) is 5.82 Å². The molecular formula is C13H12FNO3S. The van der Waals surface area contributed by atoms with Crippen molar-refractivity contribution in [2.75, 3.05) is 5.75 Å². The van der Waals surface area contributed by atoms with E-state index in [-0.39, 0.29) is 5.69 Å². The predicted octanol–water partition coefficient (Wildman–Crippen LogP) is 1.82. The van der Waals surface area contributed by atoms with Crippen LogP contribution in [0.25, 0.3) is 0 Å². The summed E-state index contributed by atoms with van der Waals surface area (Å²) in [5, 5.41) is 0. The van der Waals surface area contributed by atoms with Crippen molar-refractivity contribution in [3.05, 3.63) is 54.1 Å². The number of ketones is 1. The van der Waals surface area contributed by atoms with Crippen molar-refractivity contribution in [1.29, 1.82) is 0 Å². The fraction of sp³-hybridized carbons (Fsp3) is 0.154. The van der Waals surface area contributed by atoms with Crippen LogP contribution >= 0.6 is 0 Å². The molecule has 1 aromatic heterocycles. The normalized spacial score (nSPS) is 11.5. The monoisotopic (exact) mass is 281 g/mol. The Kier molecular flexibility index (Phi) is 3.53. The zero-order chi connectivity index (χ0) is 14.0. The van der Waals surface area contributed by atoms with Gasteiger partial charge in [0.2, 0.25) is 0 Å². The zero-order valence-corrected chi connectivity index (χ0v) is 11.0. The van der Waals surface area contributed by atoms with Gasteiger partial charge in [-0.25, -0.2) is 12.8 Å². The summed E-state index contributed by atoms with van der Waals surface area (Å²) in [6, 6.07) is 8.20. The van der Waals surface area contributed by atoms with Gasteiger partial charge in [-0.2, -0.15) is 0 Å². The van der Waals surface area contributed by atoms with Gasteiger partial charge in [-0.15, -0.1) is 0 Å². The maximum atomic E-state index is 13.5. The lowest BCUT2D eigenvalue weighted by atomic mass is 10.3. The third kappa shape index (κ3) is 2.73. The first kappa shape index (κ1) is 13.5. The number of sulfone groups is 1. The molecule has 0 aliphatic heterocycles. The van der Waals surface area contributed by atoms with Crippen LogP contribution in [0.1, 0.15) is 10.5 Å². The van der Waals surface area contributed by atoms with Gasteiger partial charge >= 0.3 is 0 Å². The SMILES string of the molecule is Cn1cccc1C(=O)CS(=O)(=O)c1ccccc1F. The van der Waals surface area contributed by atoms with Crippen molar-refractivity contribution in [2.45, 2.75) is 4.90 Å². The van der Waals surface area contributed by atoms with Gasteiger partial charge in [-0.05, 0) is 24.3 Å². The molecule has 0 aliphatic carbocycles. The standard InChI is InChI=1S/C13H12FNO3S/c1-15-8-4-6-11(15)12(16)9-19(17,18)13-7-3-2-5-10(13)14/h2-8H,9H2,1H3. The van der Waals surface area contributed by atoms with Gasteiger partial charge in [0.15, 0.2) is 15.6 Å². The van der Waals surface area contributed by atoms with E-state index < -0.39 is 32.1 Å². The third-order valence-electron chi connectivity index (χ3n) is 2.72. The van der Waals surface area contributed by atoms with Gasteiger partial charge in [-0.3, -0.25) is 4.79 Å². The molecule has 0 unspecified atom stereocenters.